The van der Waals surface area contributed by atoms with Gasteiger partial charge in [-0.3, -0.25) is 0 Å². The van der Waals surface area contributed by atoms with E-state index in [1.54, 1.807) is 0 Å². The van der Waals surface area contributed by atoms with Gasteiger partial charge in [-0.15, -0.1) is 0 Å². The lowest BCUT2D eigenvalue weighted by molar-refractivity contribution is -0.00385. The molecule has 0 amide bonds. The molecule has 0 aromatic heterocycles. The van der Waals surface area contributed by atoms with Crippen LogP contribution in [0, 0.1) is 5.92 Å². The average molecular weight is 549 g/mol. The topological polar surface area (TPSA) is 87.2 Å². The quantitative estimate of drug-likeness (QED) is 0.198. The fraction of sp³-hybridized carbons (Fsp3) is 0.677. The molecule has 8 nitrogen and oxygen atoms in total. The molecular weight excluding hydrogens is 496 g/mol. The molecule has 3 rings (SSSR count). The molecule has 1 saturated heterocycles. The molecular formula is C31H52N2O6. The van der Waals surface area contributed by atoms with E-state index in [2.05, 4.69) is 52.3 Å². The molecule has 1 heterocycles. The van der Waals surface area contributed by atoms with Gasteiger partial charge in [-0.2, -0.15) is 0 Å². The molecule has 1 aromatic carbocycles. The summed E-state index contributed by atoms with van der Waals surface area (Å²) >= 11 is 0. The summed E-state index contributed by atoms with van der Waals surface area (Å²) in [6.07, 6.45) is 7.69. The molecule has 1 aliphatic heterocycles. The first kappa shape index (κ1) is 33.3. The zero-order valence-electron chi connectivity index (χ0n) is 24.8. The number of allylic oxidation sites excluding steroid dienone is 3. The van der Waals surface area contributed by atoms with Gasteiger partial charge in [-0.25, -0.2) is 0 Å². The highest BCUT2D eigenvalue weighted by Gasteiger charge is 2.27. The van der Waals surface area contributed by atoms with Crippen molar-refractivity contribution in [3.8, 4) is 0 Å². The van der Waals surface area contributed by atoms with E-state index >= 15 is 0 Å². The summed E-state index contributed by atoms with van der Waals surface area (Å²) in [7, 11) is 0. The smallest absolute Gasteiger partial charge is 0.118 e. The van der Waals surface area contributed by atoms with E-state index in [1.165, 1.54) is 5.56 Å². The van der Waals surface area contributed by atoms with Crippen LogP contribution in [0.5, 0.6) is 0 Å². The third-order valence-electron chi connectivity index (χ3n) is 6.50. The Morgan fingerprint density at radius 1 is 0.897 bits per heavy atom. The lowest BCUT2D eigenvalue weighted by Gasteiger charge is -2.30. The fourth-order valence-electron chi connectivity index (χ4n) is 4.45. The van der Waals surface area contributed by atoms with Crippen molar-refractivity contribution < 1.29 is 29.2 Å². The zero-order chi connectivity index (χ0) is 28.5. The Hall–Kier alpha value is -1.94. The Morgan fingerprint density at radius 3 is 2.00 bits per heavy atom. The monoisotopic (exact) mass is 548 g/mol. The zero-order valence-corrected chi connectivity index (χ0v) is 24.8. The number of benzene rings is 1. The number of anilines is 1. The average Bonchev–Trinajstić information content (AvgIpc) is 3.79. The van der Waals surface area contributed by atoms with Gasteiger partial charge in [0.05, 0.1) is 38.1 Å². The molecule has 2 aliphatic rings. The predicted octanol–water partition coefficient (Wildman–Crippen LogP) is 4.01. The highest BCUT2D eigenvalue weighted by atomic mass is 16.6. The Labute approximate surface area is 236 Å². The fourth-order valence-corrected chi connectivity index (χ4v) is 4.45. The summed E-state index contributed by atoms with van der Waals surface area (Å²) in [6.45, 7) is 15.3. The Kier molecular flexibility index (Phi) is 16.4. The predicted molar refractivity (Wildman–Crippen MR) is 157 cm³/mol. The van der Waals surface area contributed by atoms with Crippen molar-refractivity contribution in [2.45, 2.75) is 65.8 Å². The summed E-state index contributed by atoms with van der Waals surface area (Å²) in [4.78, 5) is 4.26. The van der Waals surface area contributed by atoms with E-state index in [0.29, 0.717) is 58.8 Å². The summed E-state index contributed by atoms with van der Waals surface area (Å²) in [6, 6.07) is 8.65. The summed E-state index contributed by atoms with van der Waals surface area (Å²) in [5, 5.41) is 20.7. The third-order valence-corrected chi connectivity index (χ3v) is 6.50. The van der Waals surface area contributed by atoms with E-state index in [0.717, 1.165) is 37.4 Å². The molecule has 4 atom stereocenters. The van der Waals surface area contributed by atoms with Gasteiger partial charge in [-0.1, -0.05) is 38.1 Å². The van der Waals surface area contributed by atoms with E-state index in [-0.39, 0.29) is 6.10 Å². The number of epoxide rings is 1. The van der Waals surface area contributed by atoms with Crippen LogP contribution in [0.4, 0.5) is 5.69 Å². The normalized spacial score (nSPS) is 19.5. The molecule has 222 valence electrons. The second-order valence-corrected chi connectivity index (χ2v) is 9.69. The lowest BCUT2D eigenvalue weighted by Crippen LogP contribution is -2.37. The van der Waals surface area contributed by atoms with Gasteiger partial charge in [0.1, 0.15) is 6.73 Å². The Bertz CT molecular complexity index is 827. The third kappa shape index (κ3) is 12.8. The molecule has 0 spiro atoms. The highest BCUT2D eigenvalue weighted by molar-refractivity contribution is 5.48. The van der Waals surface area contributed by atoms with Crippen LogP contribution in [0.15, 0.2) is 48.2 Å². The minimum atomic E-state index is -0.558. The van der Waals surface area contributed by atoms with Crippen LogP contribution >= 0.6 is 0 Å². The molecule has 39 heavy (non-hydrogen) atoms. The van der Waals surface area contributed by atoms with Gasteiger partial charge in [0.25, 0.3) is 0 Å². The van der Waals surface area contributed by atoms with Crippen molar-refractivity contribution in [1.29, 1.82) is 0 Å². The van der Waals surface area contributed by atoms with Crippen LogP contribution in [0.1, 0.15) is 46.6 Å². The number of hydrogen-bond acceptors (Lipinski definition) is 8. The van der Waals surface area contributed by atoms with Crippen molar-refractivity contribution >= 4 is 5.69 Å². The van der Waals surface area contributed by atoms with Crippen LogP contribution in [0.2, 0.25) is 0 Å². The molecule has 0 saturated carbocycles. The van der Waals surface area contributed by atoms with Crippen molar-refractivity contribution in [3.05, 3.63) is 53.8 Å². The number of hydrogen-bond donors (Lipinski definition) is 2. The summed E-state index contributed by atoms with van der Waals surface area (Å²) < 4.78 is 21.8. The van der Waals surface area contributed by atoms with Gasteiger partial charge in [-0.05, 0) is 63.3 Å². The first-order valence-electron chi connectivity index (χ1n) is 14.7. The Morgan fingerprint density at radius 2 is 1.49 bits per heavy atom. The SMILES string of the molecule is CC.CCOCC(O)CN(COCC)C1=CCC(Cc2ccc(N(CC(O)COCC)CC3CO3)cc2)C=C1. The minimum Gasteiger partial charge on any atom is -0.389 e. The molecule has 0 radical (unpaired) electrons. The van der Waals surface area contributed by atoms with Gasteiger partial charge >= 0.3 is 0 Å². The second kappa shape index (κ2) is 19.2. The molecule has 1 fully saturated rings. The molecule has 8 heteroatoms. The summed E-state index contributed by atoms with van der Waals surface area (Å²) in [5.74, 6) is 0.417. The number of nitrogens with zero attached hydrogens (tertiary/aromatic N) is 2. The van der Waals surface area contributed by atoms with E-state index in [4.69, 9.17) is 18.9 Å². The summed E-state index contributed by atoms with van der Waals surface area (Å²) in [5.41, 5.74) is 3.46. The molecule has 1 aromatic rings. The standard InChI is InChI=1S/C29H46N2O6.C2H6/c1-4-34-19-27(32)16-30(18-29-21-37-29)25-11-7-23(8-12-25)15-24-9-13-26(14-10-24)31(22-36-6-3)17-28(33)20-35-5-2;1-2/h7-9,11-14,24,27-29,32-33H,4-6,10,15-22H2,1-3H3;1-2H3. The van der Waals surface area contributed by atoms with Crippen molar-refractivity contribution in [2.75, 3.05) is 70.9 Å². The maximum Gasteiger partial charge on any atom is 0.118 e. The second-order valence-electron chi connectivity index (χ2n) is 9.69. The van der Waals surface area contributed by atoms with Gasteiger partial charge in [0.2, 0.25) is 0 Å². The van der Waals surface area contributed by atoms with E-state index in [9.17, 15) is 10.2 Å². The van der Waals surface area contributed by atoms with Crippen LogP contribution in [-0.4, -0.2) is 99.4 Å². The van der Waals surface area contributed by atoms with Crippen LogP contribution in [0.25, 0.3) is 0 Å². The number of aliphatic hydroxyl groups is 2. The van der Waals surface area contributed by atoms with Crippen molar-refractivity contribution in [3.63, 3.8) is 0 Å². The van der Waals surface area contributed by atoms with Gasteiger partial charge in [0.15, 0.2) is 0 Å². The maximum atomic E-state index is 10.4. The lowest BCUT2D eigenvalue weighted by atomic mass is 9.92. The molecule has 2 N–H and O–H groups in total. The molecule has 0 bridgehead atoms. The molecule has 4 unspecified atom stereocenters. The van der Waals surface area contributed by atoms with Crippen molar-refractivity contribution in [1.82, 2.24) is 4.90 Å². The number of rotatable bonds is 19. The van der Waals surface area contributed by atoms with Crippen LogP contribution < -0.4 is 4.90 Å². The van der Waals surface area contributed by atoms with Gasteiger partial charge in [0, 0.05) is 50.8 Å². The van der Waals surface area contributed by atoms with Gasteiger partial charge < -0.3 is 39.0 Å². The molecule has 1 aliphatic carbocycles. The van der Waals surface area contributed by atoms with Crippen molar-refractivity contribution in [2.24, 2.45) is 5.92 Å². The minimum absolute atomic E-state index is 0.245. The first-order chi connectivity index (χ1) is 19.0. The van der Waals surface area contributed by atoms with E-state index in [1.807, 2.05) is 34.6 Å². The first-order valence-corrected chi connectivity index (χ1v) is 14.7. The maximum absolute atomic E-state index is 10.4. The number of ether oxygens (including phenoxy) is 4. The highest BCUT2D eigenvalue weighted by Crippen LogP contribution is 2.25. The van der Waals surface area contributed by atoms with Crippen LogP contribution in [-0.2, 0) is 25.4 Å². The van der Waals surface area contributed by atoms with E-state index < -0.39 is 12.2 Å². The largest absolute Gasteiger partial charge is 0.389 e. The van der Waals surface area contributed by atoms with Crippen LogP contribution in [0.3, 0.4) is 0 Å². The Balaban J connectivity index is 0.00000260. The number of aliphatic hydroxyl groups excluding tert-OH is 2.